The van der Waals surface area contributed by atoms with Gasteiger partial charge in [-0.2, -0.15) is 4.98 Å². The maximum Gasteiger partial charge on any atom is 0.262 e. The molecule has 26 heavy (non-hydrogen) atoms. The molecule has 1 aromatic carbocycles. The fourth-order valence-electron chi connectivity index (χ4n) is 2.83. The highest BCUT2D eigenvalue weighted by Gasteiger charge is 2.18. The van der Waals surface area contributed by atoms with Crippen LogP contribution < -0.4 is 19.9 Å². The van der Waals surface area contributed by atoms with E-state index in [2.05, 4.69) is 20.2 Å². The molecule has 0 spiro atoms. The van der Waals surface area contributed by atoms with Crippen LogP contribution in [-0.4, -0.2) is 49.7 Å². The topological polar surface area (TPSA) is 70.6 Å². The predicted octanol–water partition coefficient (Wildman–Crippen LogP) is 2.47. The van der Waals surface area contributed by atoms with Crippen LogP contribution in [0.15, 0.2) is 30.5 Å². The van der Waals surface area contributed by atoms with Crippen molar-refractivity contribution < 1.29 is 9.53 Å². The van der Waals surface area contributed by atoms with Gasteiger partial charge in [0.05, 0.1) is 6.20 Å². The third-order valence-corrected chi connectivity index (χ3v) is 4.23. The number of aromatic nitrogens is 2. The van der Waals surface area contributed by atoms with Crippen molar-refractivity contribution in [1.29, 1.82) is 0 Å². The molecule has 0 bridgehead atoms. The molecule has 0 atom stereocenters. The molecule has 1 aliphatic rings. The Morgan fingerprint density at radius 1 is 1.23 bits per heavy atom. The molecule has 2 heterocycles. The maximum absolute atomic E-state index is 12.2. The maximum atomic E-state index is 12.2. The number of carbonyl (C=O) groups is 1. The van der Waals surface area contributed by atoms with Gasteiger partial charge in [-0.15, -0.1) is 0 Å². The molecule has 1 aromatic heterocycles. The van der Waals surface area contributed by atoms with Crippen LogP contribution in [0.4, 0.5) is 17.5 Å². The van der Waals surface area contributed by atoms with Crippen molar-refractivity contribution in [2.45, 2.75) is 19.8 Å². The van der Waals surface area contributed by atoms with E-state index in [0.29, 0.717) is 23.2 Å². The van der Waals surface area contributed by atoms with Gasteiger partial charge in [-0.1, -0.05) is 17.7 Å². The molecule has 1 saturated heterocycles. The van der Waals surface area contributed by atoms with E-state index in [4.69, 9.17) is 4.74 Å². The molecule has 3 rings (SSSR count). The van der Waals surface area contributed by atoms with Crippen LogP contribution in [-0.2, 0) is 4.79 Å². The molecule has 1 aliphatic heterocycles. The third kappa shape index (κ3) is 4.41. The number of hydrogen-bond acceptors (Lipinski definition) is 6. The lowest BCUT2D eigenvalue weighted by Crippen LogP contribution is -2.25. The molecule has 1 fully saturated rings. The van der Waals surface area contributed by atoms with Crippen molar-refractivity contribution in [2.24, 2.45) is 0 Å². The van der Waals surface area contributed by atoms with Crippen LogP contribution in [0, 0.1) is 6.92 Å². The number of carbonyl (C=O) groups excluding carboxylic acids is 1. The van der Waals surface area contributed by atoms with E-state index in [1.54, 1.807) is 6.20 Å². The van der Waals surface area contributed by atoms with Crippen molar-refractivity contribution in [1.82, 2.24) is 9.97 Å². The van der Waals surface area contributed by atoms with Crippen molar-refractivity contribution in [3.05, 3.63) is 36.0 Å². The van der Waals surface area contributed by atoms with Gasteiger partial charge >= 0.3 is 0 Å². The number of rotatable bonds is 6. The molecule has 0 aliphatic carbocycles. The predicted molar refractivity (Wildman–Crippen MR) is 103 cm³/mol. The van der Waals surface area contributed by atoms with Gasteiger partial charge in [-0.3, -0.25) is 4.79 Å². The molecule has 0 saturated carbocycles. The summed E-state index contributed by atoms with van der Waals surface area (Å²) in [6, 6.07) is 7.59. The Kier molecular flexibility index (Phi) is 5.55. The monoisotopic (exact) mass is 355 g/mol. The second-order valence-electron chi connectivity index (χ2n) is 6.65. The number of hydrogen-bond donors (Lipinski definition) is 1. The Morgan fingerprint density at radius 2 is 1.92 bits per heavy atom. The summed E-state index contributed by atoms with van der Waals surface area (Å²) in [5.74, 6) is 1.82. The first kappa shape index (κ1) is 18.0. The van der Waals surface area contributed by atoms with Crippen LogP contribution >= 0.6 is 0 Å². The Bertz CT molecular complexity index is 755. The molecular weight excluding hydrogens is 330 g/mol. The number of aryl methyl sites for hydroxylation is 1. The fourth-order valence-corrected chi connectivity index (χ4v) is 2.83. The molecule has 0 radical (unpaired) electrons. The zero-order valence-electron chi connectivity index (χ0n) is 15.5. The van der Waals surface area contributed by atoms with Gasteiger partial charge in [0.15, 0.2) is 12.4 Å². The first-order valence-corrected chi connectivity index (χ1v) is 8.81. The third-order valence-electron chi connectivity index (χ3n) is 4.23. The SMILES string of the molecule is Cc1ccc(OCC(=O)Nc2cnc(N3CCCC3)nc2N(C)C)cc1. The van der Waals surface area contributed by atoms with E-state index >= 15 is 0 Å². The van der Waals surface area contributed by atoms with E-state index in [0.717, 1.165) is 31.5 Å². The first-order valence-electron chi connectivity index (χ1n) is 8.81. The summed E-state index contributed by atoms with van der Waals surface area (Å²) >= 11 is 0. The lowest BCUT2D eigenvalue weighted by Gasteiger charge is -2.21. The van der Waals surface area contributed by atoms with Gasteiger partial charge in [-0.05, 0) is 31.9 Å². The van der Waals surface area contributed by atoms with E-state index in [1.807, 2.05) is 50.2 Å². The molecule has 1 N–H and O–H groups in total. The van der Waals surface area contributed by atoms with Crippen LogP contribution in [0.25, 0.3) is 0 Å². The van der Waals surface area contributed by atoms with E-state index in [-0.39, 0.29) is 12.5 Å². The smallest absolute Gasteiger partial charge is 0.262 e. The minimum Gasteiger partial charge on any atom is -0.484 e. The summed E-state index contributed by atoms with van der Waals surface area (Å²) in [6.07, 6.45) is 3.99. The molecular formula is C19H25N5O2. The van der Waals surface area contributed by atoms with Crippen molar-refractivity contribution in [2.75, 3.05) is 48.9 Å². The van der Waals surface area contributed by atoms with Crippen LogP contribution in [0.5, 0.6) is 5.75 Å². The Labute approximate surface area is 154 Å². The largest absolute Gasteiger partial charge is 0.484 e. The summed E-state index contributed by atoms with van der Waals surface area (Å²) in [5.41, 5.74) is 1.73. The summed E-state index contributed by atoms with van der Waals surface area (Å²) in [6.45, 7) is 3.89. The number of anilines is 3. The molecule has 7 nitrogen and oxygen atoms in total. The lowest BCUT2D eigenvalue weighted by molar-refractivity contribution is -0.118. The van der Waals surface area contributed by atoms with Crippen molar-refractivity contribution >= 4 is 23.4 Å². The summed E-state index contributed by atoms with van der Waals surface area (Å²) < 4.78 is 5.53. The quantitative estimate of drug-likeness (QED) is 0.858. The Morgan fingerprint density at radius 3 is 2.58 bits per heavy atom. The molecule has 2 aromatic rings. The van der Waals surface area contributed by atoms with Crippen molar-refractivity contribution in [3.8, 4) is 5.75 Å². The molecule has 1 amide bonds. The summed E-state index contributed by atoms with van der Waals surface area (Å²) in [5, 5.41) is 2.84. The van der Waals surface area contributed by atoms with E-state index < -0.39 is 0 Å². The number of ether oxygens (including phenoxy) is 1. The minimum absolute atomic E-state index is 0.0657. The average Bonchev–Trinajstić information content (AvgIpc) is 3.16. The highest BCUT2D eigenvalue weighted by molar-refractivity contribution is 5.94. The van der Waals surface area contributed by atoms with Gasteiger partial charge in [0.1, 0.15) is 11.4 Å². The summed E-state index contributed by atoms with van der Waals surface area (Å²) in [7, 11) is 3.79. The lowest BCUT2D eigenvalue weighted by atomic mass is 10.2. The number of nitrogens with zero attached hydrogens (tertiary/aromatic N) is 4. The second kappa shape index (κ2) is 8.03. The minimum atomic E-state index is -0.244. The van der Waals surface area contributed by atoms with Gasteiger partial charge in [0.2, 0.25) is 5.95 Å². The van der Waals surface area contributed by atoms with Crippen LogP contribution in [0.1, 0.15) is 18.4 Å². The highest BCUT2D eigenvalue weighted by atomic mass is 16.5. The first-order chi connectivity index (χ1) is 12.5. The van der Waals surface area contributed by atoms with E-state index in [9.17, 15) is 4.79 Å². The number of nitrogens with one attached hydrogen (secondary N) is 1. The van der Waals surface area contributed by atoms with Gasteiger partial charge in [-0.25, -0.2) is 4.98 Å². The van der Waals surface area contributed by atoms with Crippen LogP contribution in [0.3, 0.4) is 0 Å². The standard InChI is InChI=1S/C19H25N5O2/c1-14-6-8-15(9-7-14)26-13-17(25)21-16-12-20-19(22-18(16)23(2)3)24-10-4-5-11-24/h6-9,12H,4-5,10-11,13H2,1-3H3,(H,21,25). The van der Waals surface area contributed by atoms with Crippen LogP contribution in [0.2, 0.25) is 0 Å². The highest BCUT2D eigenvalue weighted by Crippen LogP contribution is 2.25. The fraction of sp³-hybridized carbons (Fsp3) is 0.421. The Balaban J connectivity index is 1.65. The second-order valence-corrected chi connectivity index (χ2v) is 6.65. The zero-order chi connectivity index (χ0) is 18.5. The zero-order valence-corrected chi connectivity index (χ0v) is 15.5. The molecule has 0 unspecified atom stereocenters. The van der Waals surface area contributed by atoms with Gasteiger partial charge in [0, 0.05) is 27.2 Å². The number of benzene rings is 1. The normalized spacial score (nSPS) is 13.6. The van der Waals surface area contributed by atoms with E-state index in [1.165, 1.54) is 0 Å². The average molecular weight is 355 g/mol. The van der Waals surface area contributed by atoms with Crippen molar-refractivity contribution in [3.63, 3.8) is 0 Å². The van der Waals surface area contributed by atoms with Gasteiger partial charge in [0.25, 0.3) is 5.91 Å². The number of amides is 1. The Hall–Kier alpha value is -2.83. The molecule has 7 heteroatoms. The molecule has 138 valence electrons. The van der Waals surface area contributed by atoms with Gasteiger partial charge < -0.3 is 19.9 Å². The summed E-state index contributed by atoms with van der Waals surface area (Å²) in [4.78, 5) is 25.3.